The minimum Gasteiger partial charge on any atom is -0.508 e. The summed E-state index contributed by atoms with van der Waals surface area (Å²) in [5, 5.41) is 12.8. The molecule has 2 rings (SSSR count). The topological polar surface area (TPSA) is 88.2 Å². The number of hydrogen-bond acceptors (Lipinski definition) is 6. The molecule has 0 fully saturated rings. The Hall–Kier alpha value is -2.08. The highest BCUT2D eigenvalue weighted by molar-refractivity contribution is 7.16. The number of aromatic hydroxyl groups is 1. The molecule has 1 heterocycles. The lowest BCUT2D eigenvalue weighted by Gasteiger charge is -2.09. The van der Waals surface area contributed by atoms with Gasteiger partial charge in [0.15, 0.2) is 11.4 Å². The van der Waals surface area contributed by atoms with E-state index in [0.717, 1.165) is 23.1 Å². The van der Waals surface area contributed by atoms with E-state index in [2.05, 4.69) is 10.3 Å². The van der Waals surface area contributed by atoms with Gasteiger partial charge in [0, 0.05) is 18.3 Å². The maximum atomic E-state index is 9.93. The van der Waals surface area contributed by atoms with Crippen LogP contribution in [0.5, 0.6) is 5.75 Å². The summed E-state index contributed by atoms with van der Waals surface area (Å²) in [5.41, 5.74) is 8.29. The van der Waals surface area contributed by atoms with Gasteiger partial charge in [0.1, 0.15) is 5.75 Å². The van der Waals surface area contributed by atoms with E-state index >= 15 is 0 Å². The maximum Gasteiger partial charge on any atom is 0.180 e. The van der Waals surface area contributed by atoms with Crippen LogP contribution in [-0.2, 0) is 0 Å². The van der Waals surface area contributed by atoms with Gasteiger partial charge < -0.3 is 16.2 Å². The summed E-state index contributed by atoms with van der Waals surface area (Å²) in [7, 11) is 1.86. The number of benzene rings is 1. The first-order valence-corrected chi connectivity index (χ1v) is 6.44. The van der Waals surface area contributed by atoms with Crippen LogP contribution in [0, 0.1) is 13.8 Å². The van der Waals surface area contributed by atoms with E-state index in [1.807, 2.05) is 27.0 Å². The molecule has 0 saturated heterocycles. The van der Waals surface area contributed by atoms with Crippen molar-refractivity contribution in [3.05, 3.63) is 34.3 Å². The van der Waals surface area contributed by atoms with Gasteiger partial charge in [-0.15, -0.1) is 0 Å². The zero-order valence-corrected chi connectivity index (χ0v) is 11.9. The SMILES string of the molecule is CNc1c(C)ccc(O)c1C.Nc1ncc(C=O)s1. The van der Waals surface area contributed by atoms with Crippen LogP contribution in [0.1, 0.15) is 20.8 Å². The molecule has 0 spiro atoms. The molecule has 1 aromatic heterocycles. The summed E-state index contributed by atoms with van der Waals surface area (Å²) in [5.74, 6) is 0.347. The molecule has 6 heteroatoms. The fourth-order valence-corrected chi connectivity index (χ4v) is 2.08. The van der Waals surface area contributed by atoms with Crippen molar-refractivity contribution in [1.82, 2.24) is 4.98 Å². The van der Waals surface area contributed by atoms with Gasteiger partial charge in [0.05, 0.1) is 11.1 Å². The number of nitrogens with one attached hydrogen (secondary N) is 1. The van der Waals surface area contributed by atoms with E-state index in [0.29, 0.717) is 15.8 Å². The molecule has 0 bridgehead atoms. The second-order valence-corrected chi connectivity index (χ2v) is 4.96. The van der Waals surface area contributed by atoms with Crippen molar-refractivity contribution in [2.75, 3.05) is 18.1 Å². The summed E-state index contributed by atoms with van der Waals surface area (Å²) in [6.07, 6.45) is 2.18. The third-order valence-corrected chi connectivity index (χ3v) is 3.30. The third kappa shape index (κ3) is 3.96. The predicted octanol–water partition coefficient (Wildman–Crippen LogP) is 2.59. The molecule has 4 N–H and O–H groups in total. The highest BCUT2D eigenvalue weighted by Gasteiger charge is 2.03. The number of aromatic nitrogens is 1. The number of anilines is 2. The van der Waals surface area contributed by atoms with Crippen molar-refractivity contribution in [3.8, 4) is 5.75 Å². The number of nitrogen functional groups attached to an aromatic ring is 1. The number of aldehydes is 1. The Balaban J connectivity index is 0.000000200. The number of nitrogens with zero attached hydrogens (tertiary/aromatic N) is 1. The van der Waals surface area contributed by atoms with Crippen molar-refractivity contribution in [2.24, 2.45) is 0 Å². The standard InChI is InChI=1S/C9H13NO.C4H4N2OS/c1-6-4-5-8(11)7(2)9(6)10-3;5-4-6-1-3(2-7)8-4/h4-5,10-11H,1-3H3;1-2H,(H2,5,6). The molecular weight excluding hydrogens is 262 g/mol. The summed E-state index contributed by atoms with van der Waals surface area (Å²) in [4.78, 5) is 14.2. The minimum absolute atomic E-state index is 0.347. The highest BCUT2D eigenvalue weighted by atomic mass is 32.1. The van der Waals surface area contributed by atoms with E-state index in [1.54, 1.807) is 6.07 Å². The largest absolute Gasteiger partial charge is 0.508 e. The molecule has 0 aliphatic rings. The van der Waals surface area contributed by atoms with Crippen molar-refractivity contribution < 1.29 is 9.90 Å². The number of nitrogens with two attached hydrogens (primary N) is 1. The van der Waals surface area contributed by atoms with Gasteiger partial charge in [0.25, 0.3) is 0 Å². The molecule has 5 nitrogen and oxygen atoms in total. The fourth-order valence-electron chi connectivity index (χ4n) is 1.58. The molecule has 102 valence electrons. The van der Waals surface area contributed by atoms with E-state index < -0.39 is 0 Å². The first kappa shape index (κ1) is 15.0. The first-order chi connectivity index (χ1) is 8.99. The molecule has 0 amide bonds. The zero-order valence-electron chi connectivity index (χ0n) is 11.1. The average Bonchev–Trinajstić information content (AvgIpc) is 2.82. The Morgan fingerprint density at radius 1 is 1.42 bits per heavy atom. The summed E-state index contributed by atoms with van der Waals surface area (Å²) >= 11 is 1.19. The number of hydrogen-bond donors (Lipinski definition) is 3. The average molecular weight is 279 g/mol. The normalized spacial score (nSPS) is 9.42. The maximum absolute atomic E-state index is 9.93. The van der Waals surface area contributed by atoms with Crippen LogP contribution in [0.15, 0.2) is 18.3 Å². The number of carbonyl (C=O) groups excluding carboxylic acids is 1. The molecule has 2 aromatic rings. The number of phenols is 1. The van der Waals surface area contributed by atoms with Gasteiger partial charge in [-0.3, -0.25) is 4.79 Å². The van der Waals surface area contributed by atoms with E-state index in [9.17, 15) is 9.90 Å². The van der Waals surface area contributed by atoms with Crippen LogP contribution in [0.25, 0.3) is 0 Å². The molecule has 0 aliphatic heterocycles. The zero-order chi connectivity index (χ0) is 14.4. The van der Waals surface area contributed by atoms with Gasteiger partial charge in [-0.1, -0.05) is 17.4 Å². The number of aryl methyl sites for hydroxylation is 1. The lowest BCUT2D eigenvalue weighted by atomic mass is 10.1. The summed E-state index contributed by atoms with van der Waals surface area (Å²) in [6.45, 7) is 3.91. The summed E-state index contributed by atoms with van der Waals surface area (Å²) < 4.78 is 0. The minimum atomic E-state index is 0.347. The predicted molar refractivity (Wildman–Crippen MR) is 79.0 cm³/mol. The second kappa shape index (κ2) is 6.75. The summed E-state index contributed by atoms with van der Waals surface area (Å²) in [6, 6.07) is 3.61. The monoisotopic (exact) mass is 279 g/mol. The number of phenolic OH excluding ortho intramolecular Hbond substituents is 1. The molecule has 0 unspecified atom stereocenters. The van der Waals surface area contributed by atoms with Gasteiger partial charge in [0.2, 0.25) is 0 Å². The van der Waals surface area contributed by atoms with Crippen LogP contribution < -0.4 is 11.1 Å². The quantitative estimate of drug-likeness (QED) is 0.735. The van der Waals surface area contributed by atoms with E-state index in [1.165, 1.54) is 17.5 Å². The number of carbonyl (C=O) groups is 1. The Morgan fingerprint density at radius 3 is 2.47 bits per heavy atom. The van der Waals surface area contributed by atoms with Crippen LogP contribution in [0.4, 0.5) is 10.8 Å². The Bertz CT molecular complexity index is 567. The molecule has 0 aliphatic carbocycles. The molecule has 1 aromatic carbocycles. The Kier molecular flexibility index (Phi) is 5.32. The van der Waals surface area contributed by atoms with Crippen molar-refractivity contribution in [3.63, 3.8) is 0 Å². The molecule has 0 radical (unpaired) electrons. The van der Waals surface area contributed by atoms with Crippen molar-refractivity contribution in [1.29, 1.82) is 0 Å². The molecule has 19 heavy (non-hydrogen) atoms. The van der Waals surface area contributed by atoms with Crippen LogP contribution in [0.3, 0.4) is 0 Å². The van der Waals surface area contributed by atoms with Gasteiger partial charge in [-0.05, 0) is 25.5 Å². The van der Waals surface area contributed by atoms with Crippen LogP contribution in [0.2, 0.25) is 0 Å². The van der Waals surface area contributed by atoms with Crippen LogP contribution >= 0.6 is 11.3 Å². The van der Waals surface area contributed by atoms with Gasteiger partial charge in [-0.25, -0.2) is 4.98 Å². The number of thiazole rings is 1. The Morgan fingerprint density at radius 2 is 2.11 bits per heavy atom. The molecule has 0 atom stereocenters. The van der Waals surface area contributed by atoms with E-state index in [-0.39, 0.29) is 0 Å². The highest BCUT2D eigenvalue weighted by Crippen LogP contribution is 2.26. The molecular formula is C13H17N3O2S. The second-order valence-electron chi connectivity index (χ2n) is 3.87. The van der Waals surface area contributed by atoms with Crippen LogP contribution in [-0.4, -0.2) is 23.4 Å². The van der Waals surface area contributed by atoms with Gasteiger partial charge in [-0.2, -0.15) is 0 Å². The Labute approximate surface area is 116 Å². The van der Waals surface area contributed by atoms with Crippen molar-refractivity contribution in [2.45, 2.75) is 13.8 Å². The smallest absolute Gasteiger partial charge is 0.180 e. The van der Waals surface area contributed by atoms with Crippen molar-refractivity contribution >= 4 is 28.4 Å². The lowest BCUT2D eigenvalue weighted by Crippen LogP contribution is -1.94. The van der Waals surface area contributed by atoms with E-state index in [4.69, 9.17) is 5.73 Å². The third-order valence-electron chi connectivity index (χ3n) is 2.55. The first-order valence-electron chi connectivity index (χ1n) is 5.63. The fraction of sp³-hybridized carbons (Fsp3) is 0.231. The lowest BCUT2D eigenvalue weighted by molar-refractivity contribution is 0.112. The molecule has 0 saturated carbocycles. The number of rotatable bonds is 2. The van der Waals surface area contributed by atoms with Gasteiger partial charge >= 0.3 is 0 Å².